The number of pyridine rings is 1. The molecule has 2 rings (SSSR count). The predicted octanol–water partition coefficient (Wildman–Crippen LogP) is 1.46. The molecule has 2 aromatic rings. The van der Waals surface area contributed by atoms with Crippen molar-refractivity contribution < 1.29 is 4.92 Å². The van der Waals surface area contributed by atoms with E-state index in [1.165, 1.54) is 12.3 Å². The monoisotopic (exact) mass is 312 g/mol. The lowest BCUT2D eigenvalue weighted by atomic mass is 10.4. The van der Waals surface area contributed by atoms with Crippen molar-refractivity contribution in [2.24, 2.45) is 0 Å². The zero-order valence-corrected chi connectivity index (χ0v) is 10.7. The minimum atomic E-state index is -0.477. The number of hydrogen-bond acceptors (Lipinski definition) is 6. The second kappa shape index (κ2) is 5.54. The third kappa shape index (κ3) is 3.00. The van der Waals surface area contributed by atoms with Crippen molar-refractivity contribution in [2.45, 2.75) is 6.54 Å². The summed E-state index contributed by atoms with van der Waals surface area (Å²) < 4.78 is 2.19. The first-order valence-electron chi connectivity index (χ1n) is 5.05. The molecule has 0 aliphatic heterocycles. The van der Waals surface area contributed by atoms with Gasteiger partial charge in [-0.1, -0.05) is 5.21 Å². The van der Waals surface area contributed by atoms with Crippen LogP contribution < -0.4 is 5.32 Å². The van der Waals surface area contributed by atoms with Gasteiger partial charge in [0, 0.05) is 29.5 Å². The normalized spacial score (nSPS) is 10.3. The van der Waals surface area contributed by atoms with Gasteiger partial charge in [0.05, 0.1) is 17.7 Å². The lowest BCUT2D eigenvalue weighted by Gasteiger charge is -2.06. The zero-order valence-electron chi connectivity index (χ0n) is 9.15. The second-order valence-electron chi connectivity index (χ2n) is 3.37. The van der Waals surface area contributed by atoms with Crippen molar-refractivity contribution >= 4 is 27.4 Å². The van der Waals surface area contributed by atoms with E-state index in [0.717, 1.165) is 0 Å². The Morgan fingerprint density at radius 2 is 2.39 bits per heavy atom. The third-order valence-electron chi connectivity index (χ3n) is 2.14. The first-order chi connectivity index (χ1) is 8.66. The number of rotatable bonds is 5. The van der Waals surface area contributed by atoms with Crippen LogP contribution in [0.4, 0.5) is 11.5 Å². The number of hydrogen-bond donors (Lipinski definition) is 1. The Bertz CT molecular complexity index is 544. The summed E-state index contributed by atoms with van der Waals surface area (Å²) in [5.41, 5.74) is -0.0667. The highest BCUT2D eigenvalue weighted by Gasteiger charge is 2.15. The molecule has 2 heterocycles. The smallest absolute Gasteiger partial charge is 0.312 e. The Morgan fingerprint density at radius 3 is 3.06 bits per heavy atom. The highest BCUT2D eigenvalue weighted by molar-refractivity contribution is 9.10. The first kappa shape index (κ1) is 12.4. The molecule has 0 bridgehead atoms. The van der Waals surface area contributed by atoms with Crippen LogP contribution >= 0.6 is 15.9 Å². The van der Waals surface area contributed by atoms with Gasteiger partial charge >= 0.3 is 5.69 Å². The van der Waals surface area contributed by atoms with Gasteiger partial charge in [0.25, 0.3) is 0 Å². The molecule has 0 spiro atoms. The fraction of sp³-hybridized carbons (Fsp3) is 0.222. The molecule has 18 heavy (non-hydrogen) atoms. The lowest BCUT2D eigenvalue weighted by Crippen LogP contribution is -2.13. The SMILES string of the molecule is O=[N+]([O-])c1cc(Br)cnc1NCCn1ccnn1. The van der Waals surface area contributed by atoms with E-state index in [1.54, 1.807) is 17.1 Å². The van der Waals surface area contributed by atoms with Crippen LogP contribution in [0.2, 0.25) is 0 Å². The summed E-state index contributed by atoms with van der Waals surface area (Å²) in [7, 11) is 0. The molecule has 0 aliphatic carbocycles. The predicted molar refractivity (Wildman–Crippen MR) is 67.1 cm³/mol. The van der Waals surface area contributed by atoms with Crippen molar-refractivity contribution in [3.05, 3.63) is 39.2 Å². The van der Waals surface area contributed by atoms with Crippen molar-refractivity contribution in [2.75, 3.05) is 11.9 Å². The minimum absolute atomic E-state index is 0.0667. The largest absolute Gasteiger partial charge is 0.362 e. The van der Waals surface area contributed by atoms with E-state index < -0.39 is 4.92 Å². The van der Waals surface area contributed by atoms with Crippen molar-refractivity contribution in [3.8, 4) is 0 Å². The highest BCUT2D eigenvalue weighted by atomic mass is 79.9. The van der Waals surface area contributed by atoms with Gasteiger partial charge in [0.15, 0.2) is 0 Å². The van der Waals surface area contributed by atoms with Gasteiger partial charge in [0.2, 0.25) is 5.82 Å². The van der Waals surface area contributed by atoms with Gasteiger partial charge in [-0.2, -0.15) is 0 Å². The number of anilines is 1. The molecule has 0 atom stereocenters. The molecule has 0 fully saturated rings. The molecule has 8 nitrogen and oxygen atoms in total. The Morgan fingerprint density at radius 1 is 1.56 bits per heavy atom. The summed E-state index contributed by atoms with van der Waals surface area (Å²) in [5.74, 6) is 0.239. The molecule has 0 unspecified atom stereocenters. The van der Waals surface area contributed by atoms with Crippen LogP contribution in [-0.2, 0) is 6.54 Å². The number of aromatic nitrogens is 4. The van der Waals surface area contributed by atoms with E-state index in [-0.39, 0.29) is 11.5 Å². The van der Waals surface area contributed by atoms with Crippen LogP contribution in [0.3, 0.4) is 0 Å². The molecule has 94 valence electrons. The lowest BCUT2D eigenvalue weighted by molar-refractivity contribution is -0.384. The Labute approximate surface area is 110 Å². The molecule has 2 aromatic heterocycles. The average Bonchev–Trinajstić information content (AvgIpc) is 2.84. The summed E-state index contributed by atoms with van der Waals surface area (Å²) >= 11 is 3.15. The van der Waals surface area contributed by atoms with Gasteiger partial charge in [-0.05, 0) is 15.9 Å². The molecule has 1 N–H and O–H groups in total. The maximum Gasteiger partial charge on any atom is 0.312 e. The molecular weight excluding hydrogens is 304 g/mol. The molecule has 0 amide bonds. The summed E-state index contributed by atoms with van der Waals surface area (Å²) in [6.07, 6.45) is 4.79. The fourth-order valence-electron chi connectivity index (χ4n) is 1.34. The van der Waals surface area contributed by atoms with Crippen molar-refractivity contribution in [1.29, 1.82) is 0 Å². The van der Waals surface area contributed by atoms with Crippen molar-refractivity contribution in [3.63, 3.8) is 0 Å². The van der Waals surface area contributed by atoms with E-state index in [9.17, 15) is 10.1 Å². The van der Waals surface area contributed by atoms with Crippen LogP contribution in [0, 0.1) is 10.1 Å². The standard InChI is InChI=1S/C9H9BrN6O2/c10-7-5-8(16(17)18)9(12-6-7)11-1-3-15-4-2-13-14-15/h2,4-6H,1,3H2,(H,11,12). The molecular formula is C9H9BrN6O2. The quantitative estimate of drug-likeness (QED) is 0.662. The highest BCUT2D eigenvalue weighted by Crippen LogP contribution is 2.24. The Hall–Kier alpha value is -2.03. The number of nitrogens with zero attached hydrogens (tertiary/aromatic N) is 5. The van der Waals surface area contributed by atoms with Gasteiger partial charge in [-0.15, -0.1) is 5.10 Å². The maximum atomic E-state index is 10.8. The minimum Gasteiger partial charge on any atom is -0.362 e. The molecule has 0 aromatic carbocycles. The molecule has 0 saturated heterocycles. The van der Waals surface area contributed by atoms with Gasteiger partial charge in [0.1, 0.15) is 0 Å². The summed E-state index contributed by atoms with van der Waals surface area (Å²) in [5, 5.41) is 21.2. The van der Waals surface area contributed by atoms with E-state index >= 15 is 0 Å². The van der Waals surface area contributed by atoms with Crippen LogP contribution in [0.15, 0.2) is 29.1 Å². The molecule has 9 heteroatoms. The summed E-state index contributed by atoms with van der Waals surface area (Å²) in [4.78, 5) is 14.3. The van der Waals surface area contributed by atoms with Crippen LogP contribution in [0.25, 0.3) is 0 Å². The van der Waals surface area contributed by atoms with Gasteiger partial charge in [-0.3, -0.25) is 14.8 Å². The average molecular weight is 313 g/mol. The Balaban J connectivity index is 2.02. The third-order valence-corrected chi connectivity index (χ3v) is 2.57. The number of nitro groups is 1. The number of nitrogens with one attached hydrogen (secondary N) is 1. The van der Waals surface area contributed by atoms with E-state index in [1.807, 2.05) is 0 Å². The maximum absolute atomic E-state index is 10.8. The Kier molecular flexibility index (Phi) is 3.82. The van der Waals surface area contributed by atoms with Crippen LogP contribution in [0.1, 0.15) is 0 Å². The fourth-order valence-corrected chi connectivity index (χ4v) is 1.66. The van der Waals surface area contributed by atoms with E-state index in [0.29, 0.717) is 17.6 Å². The first-order valence-corrected chi connectivity index (χ1v) is 5.84. The van der Waals surface area contributed by atoms with E-state index in [4.69, 9.17) is 0 Å². The van der Waals surface area contributed by atoms with Crippen LogP contribution in [0.5, 0.6) is 0 Å². The summed E-state index contributed by atoms with van der Waals surface area (Å²) in [6.45, 7) is 1.02. The van der Waals surface area contributed by atoms with Crippen molar-refractivity contribution in [1.82, 2.24) is 20.0 Å². The van der Waals surface area contributed by atoms with E-state index in [2.05, 4.69) is 36.5 Å². The van der Waals surface area contributed by atoms with Crippen LogP contribution in [-0.4, -0.2) is 31.4 Å². The van der Waals surface area contributed by atoms with Gasteiger partial charge < -0.3 is 5.32 Å². The molecule has 0 radical (unpaired) electrons. The molecule has 0 saturated carbocycles. The number of halogens is 1. The second-order valence-corrected chi connectivity index (χ2v) is 4.29. The summed E-state index contributed by atoms with van der Waals surface area (Å²) in [6, 6.07) is 1.41. The topological polar surface area (TPSA) is 98.8 Å². The molecule has 0 aliphatic rings. The zero-order chi connectivity index (χ0) is 13.0. The van der Waals surface area contributed by atoms with Gasteiger partial charge in [-0.25, -0.2) is 4.98 Å².